The van der Waals surface area contributed by atoms with E-state index >= 15 is 0 Å². The van der Waals surface area contributed by atoms with Crippen molar-refractivity contribution in [2.75, 3.05) is 74.4 Å². The van der Waals surface area contributed by atoms with Crippen LogP contribution in [0.5, 0.6) is 17.2 Å². The molecule has 7 heterocycles. The lowest BCUT2D eigenvalue weighted by molar-refractivity contribution is -0.136. The van der Waals surface area contributed by atoms with Gasteiger partial charge in [0.1, 0.15) is 41.6 Å². The van der Waals surface area contributed by atoms with E-state index in [0.717, 1.165) is 108 Å². The Morgan fingerprint density at radius 3 is 2.32 bits per heavy atom. The molecule has 4 N–H and O–H groups in total. The number of carbonyl (C=O) groups is 5. The standard InChI is InChI=1S/C52H60N12O8/c53-49-45(29-41(56-57-49)39-8-1-2-10-43(39)65)72-38-7-6-21-62(32-38)37-15-13-36(14-16-37)60-27-25-59(26-28-60)30-34-19-23-61(24-20-34)47(67)12-3-4-22-63-31-35(55-58-63)33-71-44-11-5-9-40-48(44)52(70)64(51(40)69)42-17-18-46(66)54-50(42)68/h1-2,5,8-11,13-16,29,31,34,38,42,65H,3-4,6-7,12,17-28,30,32-33H2,(H2,53,57)(H,54,66,68). The van der Waals surface area contributed by atoms with E-state index in [0.29, 0.717) is 41.6 Å². The van der Waals surface area contributed by atoms with Crippen LogP contribution in [0.4, 0.5) is 17.2 Å². The fourth-order valence-electron chi connectivity index (χ4n) is 10.5. The van der Waals surface area contributed by atoms with Gasteiger partial charge in [-0.1, -0.05) is 23.4 Å². The van der Waals surface area contributed by atoms with Gasteiger partial charge in [-0.3, -0.25) is 43.8 Å². The number of rotatable bonds is 16. The van der Waals surface area contributed by atoms with Gasteiger partial charge in [-0.25, -0.2) is 0 Å². The van der Waals surface area contributed by atoms with Crippen LogP contribution in [0.1, 0.15) is 84.2 Å². The fraction of sp³-hybridized carbons (Fsp3) is 0.442. The smallest absolute Gasteiger partial charge is 0.266 e. The Hall–Kier alpha value is -7.61. The number of ether oxygens (including phenoxy) is 2. The zero-order valence-corrected chi connectivity index (χ0v) is 40.2. The molecular formula is C52H60N12O8. The second-order valence-corrected chi connectivity index (χ2v) is 19.3. The van der Waals surface area contributed by atoms with Crippen molar-refractivity contribution in [3.63, 3.8) is 0 Å². The summed E-state index contributed by atoms with van der Waals surface area (Å²) in [6.07, 6.45) is 7.67. The van der Waals surface area contributed by atoms with E-state index < -0.39 is 29.7 Å². The molecule has 2 aromatic heterocycles. The molecule has 5 aliphatic heterocycles. The van der Waals surface area contributed by atoms with Crippen LogP contribution in [-0.2, 0) is 27.5 Å². The van der Waals surface area contributed by atoms with Gasteiger partial charge in [0.15, 0.2) is 11.6 Å². The second-order valence-electron chi connectivity index (χ2n) is 19.3. The number of piperazine rings is 1. The van der Waals surface area contributed by atoms with Gasteiger partial charge in [-0.15, -0.1) is 15.3 Å². The van der Waals surface area contributed by atoms with E-state index in [4.69, 9.17) is 15.2 Å². The number of nitrogens with zero attached hydrogens (tertiary/aromatic N) is 10. The Labute approximate surface area is 417 Å². The Kier molecular flexibility index (Phi) is 14.3. The van der Waals surface area contributed by atoms with Crippen molar-refractivity contribution in [2.24, 2.45) is 5.92 Å². The van der Waals surface area contributed by atoms with Crippen molar-refractivity contribution < 1.29 is 38.6 Å². The van der Waals surface area contributed by atoms with Crippen molar-refractivity contribution in [3.8, 4) is 28.5 Å². The first-order chi connectivity index (χ1) is 35.0. The number of nitrogens with two attached hydrogens (primary N) is 1. The minimum Gasteiger partial charge on any atom is -0.507 e. The molecule has 0 bridgehead atoms. The van der Waals surface area contributed by atoms with E-state index in [1.807, 2.05) is 11.0 Å². The molecule has 2 atom stereocenters. The van der Waals surface area contributed by atoms with Crippen LogP contribution in [0.3, 0.4) is 0 Å². The van der Waals surface area contributed by atoms with E-state index in [-0.39, 0.29) is 59.9 Å². The molecule has 0 saturated carbocycles. The summed E-state index contributed by atoms with van der Waals surface area (Å²) in [5.74, 6) is -0.555. The molecule has 376 valence electrons. The average Bonchev–Trinajstić information content (AvgIpc) is 3.96. The zero-order valence-electron chi connectivity index (χ0n) is 40.2. The maximum absolute atomic E-state index is 13.4. The van der Waals surface area contributed by atoms with Gasteiger partial charge in [-0.05, 0) is 99.4 Å². The van der Waals surface area contributed by atoms with Crippen molar-refractivity contribution >= 4 is 46.7 Å². The molecule has 20 nitrogen and oxygen atoms in total. The highest BCUT2D eigenvalue weighted by Crippen LogP contribution is 2.35. The average molecular weight is 981 g/mol. The highest BCUT2D eigenvalue weighted by molar-refractivity contribution is 6.24. The molecule has 0 aliphatic carbocycles. The maximum atomic E-state index is 13.4. The van der Waals surface area contributed by atoms with E-state index in [1.165, 1.54) is 11.8 Å². The van der Waals surface area contributed by atoms with E-state index in [9.17, 15) is 29.1 Å². The number of hydrogen-bond acceptors (Lipinski definition) is 16. The molecule has 72 heavy (non-hydrogen) atoms. The number of phenols is 1. The number of amides is 5. The summed E-state index contributed by atoms with van der Waals surface area (Å²) in [7, 11) is 0. The van der Waals surface area contributed by atoms with Crippen molar-refractivity contribution in [3.05, 3.63) is 95.8 Å². The lowest BCUT2D eigenvalue weighted by atomic mass is 9.95. The van der Waals surface area contributed by atoms with Gasteiger partial charge in [0.25, 0.3) is 11.8 Å². The van der Waals surface area contributed by atoms with Crippen LogP contribution in [-0.4, -0.2) is 146 Å². The van der Waals surface area contributed by atoms with Gasteiger partial charge in [0, 0.05) is 94.7 Å². The minimum atomic E-state index is -1.06. The van der Waals surface area contributed by atoms with Crippen LogP contribution in [0.2, 0.25) is 0 Å². The molecule has 5 aromatic rings. The summed E-state index contributed by atoms with van der Waals surface area (Å²) in [5, 5.41) is 29.2. The number of phenolic OH excluding ortho intramolecular Hbond substituents is 1. The quantitative estimate of drug-likeness (QED) is 0.0925. The monoisotopic (exact) mass is 980 g/mol. The zero-order chi connectivity index (χ0) is 49.7. The van der Waals surface area contributed by atoms with E-state index in [2.05, 4.69) is 64.8 Å². The normalized spacial score (nSPS) is 19.9. The highest BCUT2D eigenvalue weighted by atomic mass is 16.5. The summed E-state index contributed by atoms with van der Waals surface area (Å²) in [4.78, 5) is 74.2. The lowest BCUT2D eigenvalue weighted by Crippen LogP contribution is -2.54. The van der Waals surface area contributed by atoms with Gasteiger partial charge in [0.2, 0.25) is 17.7 Å². The van der Waals surface area contributed by atoms with Crippen LogP contribution in [0.15, 0.2) is 79.0 Å². The van der Waals surface area contributed by atoms with Gasteiger partial charge in [-0.2, -0.15) is 0 Å². The largest absolute Gasteiger partial charge is 0.507 e. The summed E-state index contributed by atoms with van der Waals surface area (Å²) in [6, 6.07) is 21.3. The third-order valence-electron chi connectivity index (χ3n) is 14.5. The molecule has 0 spiro atoms. The molecule has 4 saturated heterocycles. The summed E-state index contributed by atoms with van der Waals surface area (Å²) < 4.78 is 14.1. The first kappa shape index (κ1) is 48.0. The molecule has 0 radical (unpaired) electrons. The number of likely N-dealkylation sites (tertiary alicyclic amines) is 1. The number of aromatic hydroxyl groups is 1. The predicted molar refractivity (Wildman–Crippen MR) is 265 cm³/mol. The molecule has 5 amide bonds. The Bertz CT molecular complexity index is 2810. The van der Waals surface area contributed by atoms with Crippen LogP contribution in [0.25, 0.3) is 11.3 Å². The molecule has 20 heteroatoms. The summed E-state index contributed by atoms with van der Waals surface area (Å²) >= 11 is 0. The molecule has 10 rings (SSSR count). The fourth-order valence-corrected chi connectivity index (χ4v) is 10.5. The van der Waals surface area contributed by atoms with Crippen molar-refractivity contribution in [1.29, 1.82) is 0 Å². The third kappa shape index (κ3) is 10.7. The SMILES string of the molecule is Nc1nnc(-c2ccccc2O)cc1OC1CCCN(c2ccc(N3CCN(CC4CCN(C(=O)CCCCn5cc(COc6cccc7c6C(=O)N(C6CCC(=O)NC6=O)C7=O)nn5)CC4)CC3)cc2)C1. The molecule has 4 fully saturated rings. The number of benzene rings is 3. The lowest BCUT2D eigenvalue weighted by Gasteiger charge is -2.40. The van der Waals surface area contributed by atoms with Crippen LogP contribution >= 0.6 is 0 Å². The number of imide groups is 2. The summed E-state index contributed by atoms with van der Waals surface area (Å²) in [5.41, 5.74) is 10.4. The van der Waals surface area contributed by atoms with Crippen molar-refractivity contribution in [1.82, 2.24) is 45.2 Å². The number of anilines is 3. The number of piperidine rings is 3. The number of fused-ring (bicyclic) bond motifs is 1. The number of aryl methyl sites for hydroxylation is 1. The predicted octanol–water partition coefficient (Wildman–Crippen LogP) is 4.28. The molecule has 3 aromatic carbocycles. The van der Waals surface area contributed by atoms with Crippen LogP contribution < -0.4 is 30.3 Å². The Balaban J connectivity index is 0.608. The van der Waals surface area contributed by atoms with E-state index in [1.54, 1.807) is 47.3 Å². The minimum absolute atomic E-state index is 0.00513. The first-order valence-corrected chi connectivity index (χ1v) is 25.1. The highest BCUT2D eigenvalue weighted by Gasteiger charge is 2.46. The number of nitrogen functional groups attached to an aromatic ring is 1. The number of hydrogen-bond donors (Lipinski definition) is 3. The molecular weight excluding hydrogens is 921 g/mol. The number of unbranched alkanes of at least 4 members (excludes halogenated alkanes) is 1. The molecule has 5 aliphatic rings. The van der Waals surface area contributed by atoms with Gasteiger partial charge < -0.3 is 35.0 Å². The maximum Gasteiger partial charge on any atom is 0.266 e. The third-order valence-corrected chi connectivity index (χ3v) is 14.5. The second kappa shape index (κ2) is 21.4. The number of para-hydroxylation sites is 1. The van der Waals surface area contributed by atoms with Gasteiger partial charge in [0.05, 0.1) is 23.9 Å². The van der Waals surface area contributed by atoms with Crippen molar-refractivity contribution in [2.45, 2.75) is 83.1 Å². The van der Waals surface area contributed by atoms with Crippen LogP contribution in [0, 0.1) is 5.92 Å². The Morgan fingerprint density at radius 2 is 1.54 bits per heavy atom. The number of aromatic nitrogens is 5. The number of carbonyl (C=O) groups excluding carboxylic acids is 5. The first-order valence-electron chi connectivity index (χ1n) is 25.1. The molecule has 2 unspecified atom stereocenters. The Morgan fingerprint density at radius 1 is 0.778 bits per heavy atom. The topological polar surface area (TPSA) is 235 Å². The summed E-state index contributed by atoms with van der Waals surface area (Å²) in [6.45, 7) is 8.86. The van der Waals surface area contributed by atoms with Gasteiger partial charge >= 0.3 is 0 Å². The number of nitrogens with one attached hydrogen (secondary N) is 1.